The van der Waals surface area contributed by atoms with Crippen molar-refractivity contribution in [1.82, 2.24) is 15.3 Å². The minimum Gasteiger partial charge on any atom is -0.357 e. The zero-order valence-corrected chi connectivity index (χ0v) is 18.2. The molecule has 2 aromatic heterocycles. The second-order valence-corrected chi connectivity index (χ2v) is 8.85. The molecule has 1 saturated carbocycles. The van der Waals surface area contributed by atoms with E-state index in [1.807, 2.05) is 13.8 Å². The van der Waals surface area contributed by atoms with Crippen molar-refractivity contribution in [2.45, 2.75) is 66.8 Å². The molecule has 3 atom stereocenters. The minimum atomic E-state index is 0.0459. The Kier molecular flexibility index (Phi) is 6.04. The van der Waals surface area contributed by atoms with Crippen LogP contribution in [0.3, 0.4) is 0 Å². The summed E-state index contributed by atoms with van der Waals surface area (Å²) in [6.45, 7) is 14.6. The van der Waals surface area contributed by atoms with Gasteiger partial charge in [0.25, 0.3) is 5.91 Å². The average molecular weight is 389 g/mol. The molecular formula is C21H32N4OS. The van der Waals surface area contributed by atoms with Gasteiger partial charge in [0.2, 0.25) is 0 Å². The van der Waals surface area contributed by atoms with Crippen LogP contribution in [0.5, 0.6) is 0 Å². The van der Waals surface area contributed by atoms with E-state index < -0.39 is 0 Å². The number of fused-ring (bicyclic) bond motifs is 1. The number of amides is 1. The number of nitrogens with one attached hydrogen (secondary N) is 1. The van der Waals surface area contributed by atoms with Gasteiger partial charge in [-0.05, 0) is 51.5 Å². The second-order valence-electron chi connectivity index (χ2n) is 7.85. The number of hydrogen-bond donors (Lipinski definition) is 1. The van der Waals surface area contributed by atoms with Gasteiger partial charge in [-0.3, -0.25) is 4.79 Å². The molecule has 1 aliphatic carbocycles. The van der Waals surface area contributed by atoms with Gasteiger partial charge in [0.05, 0.1) is 10.3 Å². The lowest BCUT2D eigenvalue weighted by Gasteiger charge is -2.34. The van der Waals surface area contributed by atoms with E-state index in [-0.39, 0.29) is 11.9 Å². The predicted molar refractivity (Wildman–Crippen MR) is 114 cm³/mol. The fourth-order valence-electron chi connectivity index (χ4n) is 4.21. The minimum absolute atomic E-state index is 0.0459. The molecule has 1 amide bonds. The molecular weight excluding hydrogens is 356 g/mol. The fraction of sp³-hybridized carbons (Fsp3) is 0.667. The summed E-state index contributed by atoms with van der Waals surface area (Å²) in [7, 11) is 0. The molecule has 1 N–H and O–H groups in total. The molecule has 0 aliphatic heterocycles. The molecule has 1 fully saturated rings. The lowest BCUT2D eigenvalue weighted by atomic mass is 9.78. The number of thiophene rings is 1. The summed E-state index contributed by atoms with van der Waals surface area (Å²) in [6.07, 6.45) is 3.53. The van der Waals surface area contributed by atoms with Crippen LogP contribution in [0.15, 0.2) is 0 Å². The van der Waals surface area contributed by atoms with Gasteiger partial charge < -0.3 is 10.2 Å². The number of aromatic nitrogens is 2. The van der Waals surface area contributed by atoms with Crippen molar-refractivity contribution in [1.29, 1.82) is 0 Å². The van der Waals surface area contributed by atoms with Crippen molar-refractivity contribution >= 4 is 33.3 Å². The standard InChI is InChI=1S/C21H32N4OS/c1-7-25(8-2)19-17-14(5)18(27-21(17)23-15(6)22-19)20(26)24-16-11-9-10-12(3)13(16)4/h12-13,16H,7-11H2,1-6H3,(H,24,26). The summed E-state index contributed by atoms with van der Waals surface area (Å²) in [5.41, 5.74) is 1.01. The maximum Gasteiger partial charge on any atom is 0.261 e. The van der Waals surface area contributed by atoms with Gasteiger partial charge in [-0.25, -0.2) is 9.97 Å². The number of nitrogens with zero attached hydrogens (tertiary/aromatic N) is 3. The first-order chi connectivity index (χ1) is 12.9. The summed E-state index contributed by atoms with van der Waals surface area (Å²) in [5.74, 6) is 2.94. The number of carbonyl (C=O) groups excluding carboxylic acids is 1. The Hall–Kier alpha value is -1.69. The van der Waals surface area contributed by atoms with Crippen LogP contribution < -0.4 is 10.2 Å². The zero-order valence-electron chi connectivity index (χ0n) is 17.4. The number of aryl methyl sites for hydroxylation is 2. The molecule has 2 heterocycles. The summed E-state index contributed by atoms with van der Waals surface area (Å²) in [4.78, 5) is 26.4. The van der Waals surface area contributed by atoms with E-state index in [9.17, 15) is 4.79 Å². The van der Waals surface area contributed by atoms with Gasteiger partial charge >= 0.3 is 0 Å². The molecule has 148 valence electrons. The molecule has 3 unspecified atom stereocenters. The lowest BCUT2D eigenvalue weighted by molar-refractivity contribution is 0.0895. The Morgan fingerprint density at radius 2 is 1.89 bits per heavy atom. The quantitative estimate of drug-likeness (QED) is 0.806. The SMILES string of the molecule is CCN(CC)c1nc(C)nc2sc(C(=O)NC3CCCC(C)C3C)c(C)c12. The largest absolute Gasteiger partial charge is 0.357 e. The van der Waals surface area contributed by atoms with Gasteiger partial charge in [0.1, 0.15) is 16.5 Å². The number of hydrogen-bond acceptors (Lipinski definition) is 5. The smallest absolute Gasteiger partial charge is 0.261 e. The predicted octanol–water partition coefficient (Wildman–Crippen LogP) is 4.71. The van der Waals surface area contributed by atoms with Crippen LogP contribution in [0.1, 0.15) is 68.0 Å². The Balaban J connectivity index is 1.96. The Morgan fingerprint density at radius 3 is 2.56 bits per heavy atom. The maximum atomic E-state index is 13.1. The van der Waals surface area contributed by atoms with Gasteiger partial charge in [0, 0.05) is 19.1 Å². The molecule has 0 bridgehead atoms. The van der Waals surface area contributed by atoms with E-state index in [0.29, 0.717) is 11.8 Å². The van der Waals surface area contributed by atoms with Gasteiger partial charge in [-0.2, -0.15) is 0 Å². The van der Waals surface area contributed by atoms with Gasteiger partial charge in [-0.1, -0.05) is 26.7 Å². The van der Waals surface area contributed by atoms with Crippen LogP contribution in [0.25, 0.3) is 10.2 Å². The molecule has 3 rings (SSSR count). The maximum absolute atomic E-state index is 13.1. The first kappa shape index (κ1) is 20.1. The molecule has 0 spiro atoms. The third kappa shape index (κ3) is 3.82. The molecule has 0 radical (unpaired) electrons. The summed E-state index contributed by atoms with van der Waals surface area (Å²) in [5, 5.41) is 4.35. The highest BCUT2D eigenvalue weighted by Crippen LogP contribution is 2.36. The van der Waals surface area contributed by atoms with E-state index in [1.165, 1.54) is 24.2 Å². The normalized spacial score (nSPS) is 22.8. The zero-order chi connectivity index (χ0) is 19.7. The van der Waals surface area contributed by atoms with Crippen LogP contribution in [-0.2, 0) is 0 Å². The Morgan fingerprint density at radius 1 is 1.19 bits per heavy atom. The third-order valence-corrected chi connectivity index (χ3v) is 7.36. The summed E-state index contributed by atoms with van der Waals surface area (Å²) < 4.78 is 0. The van der Waals surface area contributed by atoms with Crippen LogP contribution in [0, 0.1) is 25.7 Å². The molecule has 0 aromatic carbocycles. The highest BCUT2D eigenvalue weighted by molar-refractivity contribution is 7.20. The fourth-order valence-corrected chi connectivity index (χ4v) is 5.33. The number of carbonyl (C=O) groups is 1. The van der Waals surface area contributed by atoms with Crippen LogP contribution in [-0.4, -0.2) is 35.0 Å². The van der Waals surface area contributed by atoms with E-state index >= 15 is 0 Å². The monoisotopic (exact) mass is 388 g/mol. The van der Waals surface area contributed by atoms with Crippen LogP contribution in [0.4, 0.5) is 5.82 Å². The third-order valence-electron chi connectivity index (χ3n) is 6.18. The number of rotatable bonds is 5. The second kappa shape index (κ2) is 8.13. The highest BCUT2D eigenvalue weighted by atomic mass is 32.1. The van der Waals surface area contributed by atoms with E-state index in [4.69, 9.17) is 4.98 Å². The van der Waals surface area contributed by atoms with Crippen molar-refractivity contribution in [2.24, 2.45) is 11.8 Å². The van der Waals surface area contributed by atoms with Crippen LogP contribution >= 0.6 is 11.3 Å². The van der Waals surface area contributed by atoms with E-state index in [1.54, 1.807) is 0 Å². The number of anilines is 1. The van der Waals surface area contributed by atoms with E-state index in [0.717, 1.165) is 51.8 Å². The molecule has 5 nitrogen and oxygen atoms in total. The Labute approximate surface area is 166 Å². The molecule has 2 aromatic rings. The summed E-state index contributed by atoms with van der Waals surface area (Å²) >= 11 is 1.50. The molecule has 0 saturated heterocycles. The van der Waals surface area contributed by atoms with Crippen LogP contribution in [0.2, 0.25) is 0 Å². The van der Waals surface area contributed by atoms with Crippen molar-refractivity contribution in [3.63, 3.8) is 0 Å². The van der Waals surface area contributed by atoms with Crippen molar-refractivity contribution in [3.8, 4) is 0 Å². The topological polar surface area (TPSA) is 58.1 Å². The molecule has 27 heavy (non-hydrogen) atoms. The molecule has 1 aliphatic rings. The first-order valence-corrected chi connectivity index (χ1v) is 11.0. The van der Waals surface area contributed by atoms with E-state index in [2.05, 4.69) is 42.9 Å². The van der Waals surface area contributed by atoms with Crippen molar-refractivity contribution in [3.05, 3.63) is 16.3 Å². The van der Waals surface area contributed by atoms with Crippen molar-refractivity contribution in [2.75, 3.05) is 18.0 Å². The lowest BCUT2D eigenvalue weighted by Crippen LogP contribution is -2.43. The van der Waals surface area contributed by atoms with Crippen molar-refractivity contribution < 1.29 is 4.79 Å². The van der Waals surface area contributed by atoms with Gasteiger partial charge in [-0.15, -0.1) is 11.3 Å². The Bertz CT molecular complexity index is 827. The highest BCUT2D eigenvalue weighted by Gasteiger charge is 2.30. The summed E-state index contributed by atoms with van der Waals surface area (Å²) in [6, 6.07) is 0.265. The van der Waals surface area contributed by atoms with Gasteiger partial charge in [0.15, 0.2) is 0 Å². The average Bonchev–Trinajstić information content (AvgIpc) is 2.96. The first-order valence-electron chi connectivity index (χ1n) is 10.2. The molecule has 6 heteroatoms.